The van der Waals surface area contributed by atoms with E-state index in [-0.39, 0.29) is 16.5 Å². The largest absolute Gasteiger partial charge is 0.478 e. The lowest BCUT2D eigenvalue weighted by Crippen LogP contribution is -2.41. The second kappa shape index (κ2) is 6.04. The normalized spacial score (nSPS) is 13.7. The number of hydrogen-bond acceptors (Lipinski definition) is 3. The van der Waals surface area contributed by atoms with E-state index in [2.05, 4.69) is 5.32 Å². The zero-order chi connectivity index (χ0) is 14.6. The molecule has 1 atom stereocenters. The fourth-order valence-electron chi connectivity index (χ4n) is 1.45. The van der Waals surface area contributed by atoms with Gasteiger partial charge in [-0.25, -0.2) is 4.79 Å². The molecule has 0 heterocycles. The molecule has 0 radical (unpaired) electrons. The molecule has 0 aliphatic rings. The van der Waals surface area contributed by atoms with Crippen LogP contribution in [0.4, 0.5) is 5.69 Å². The summed E-state index contributed by atoms with van der Waals surface area (Å²) in [5.41, 5.74) is -0.629. The Hall–Kier alpha value is -1.59. The molecule has 0 aromatic heterocycles. The molecular weight excluding hydrogens is 270 g/mol. The van der Waals surface area contributed by atoms with Crippen molar-refractivity contribution in [3.8, 4) is 0 Å². The molecule has 1 aromatic rings. The topological polar surface area (TPSA) is 75.6 Å². The minimum atomic E-state index is -1.11. The monoisotopic (exact) mass is 285 g/mol. The Morgan fingerprint density at radius 3 is 2.53 bits per heavy atom. The summed E-state index contributed by atoms with van der Waals surface area (Å²) in [6, 6.07) is 4.14. The number of aromatic carboxylic acids is 1. The predicted molar refractivity (Wildman–Crippen MR) is 72.7 cm³/mol. The van der Waals surface area contributed by atoms with Gasteiger partial charge in [0.05, 0.1) is 5.56 Å². The number of nitrogens with one attached hydrogen (secondary N) is 1. The molecule has 0 fully saturated rings. The third-order valence-corrected chi connectivity index (χ3v) is 3.23. The molecule has 0 saturated carbocycles. The summed E-state index contributed by atoms with van der Waals surface area (Å²) in [7, 11) is 1.45. The standard InChI is InChI=1S/C13H16ClNO4/c1-4-13(2,19-3)12(18)15-10-6-8(11(16)17)5-9(14)7-10/h5-7H,4H2,1-3H3,(H,15,18)(H,16,17). The lowest BCUT2D eigenvalue weighted by molar-refractivity contribution is -0.136. The van der Waals surface area contributed by atoms with Gasteiger partial charge in [-0.2, -0.15) is 0 Å². The van der Waals surface area contributed by atoms with Crippen molar-refractivity contribution in [1.82, 2.24) is 0 Å². The number of carboxylic acids is 1. The number of amides is 1. The van der Waals surface area contributed by atoms with Crippen LogP contribution >= 0.6 is 11.6 Å². The Kier molecular flexibility index (Phi) is 4.91. The maximum Gasteiger partial charge on any atom is 0.335 e. The summed E-state index contributed by atoms with van der Waals surface area (Å²) in [5.74, 6) is -1.46. The zero-order valence-electron chi connectivity index (χ0n) is 11.0. The second-order valence-corrected chi connectivity index (χ2v) is 4.71. The number of rotatable bonds is 5. The van der Waals surface area contributed by atoms with E-state index in [0.29, 0.717) is 12.1 Å². The van der Waals surface area contributed by atoms with Crippen LogP contribution in [0.1, 0.15) is 30.6 Å². The van der Waals surface area contributed by atoms with Crippen molar-refractivity contribution in [3.05, 3.63) is 28.8 Å². The Balaban J connectivity index is 3.00. The first-order valence-electron chi connectivity index (χ1n) is 5.73. The van der Waals surface area contributed by atoms with E-state index in [4.69, 9.17) is 21.4 Å². The molecule has 0 aliphatic carbocycles. The summed E-state index contributed by atoms with van der Waals surface area (Å²) in [6.07, 6.45) is 0.488. The number of methoxy groups -OCH3 is 1. The van der Waals surface area contributed by atoms with Crippen LogP contribution in [0.2, 0.25) is 5.02 Å². The molecule has 6 heteroatoms. The SMILES string of the molecule is CCC(C)(OC)C(=O)Nc1cc(Cl)cc(C(=O)O)c1. The predicted octanol–water partition coefficient (Wildman–Crippen LogP) is 2.79. The van der Waals surface area contributed by atoms with E-state index in [1.165, 1.54) is 25.3 Å². The Morgan fingerprint density at radius 2 is 2.05 bits per heavy atom. The maximum atomic E-state index is 12.1. The number of hydrogen-bond donors (Lipinski definition) is 2. The number of carbonyl (C=O) groups excluding carboxylic acids is 1. The quantitative estimate of drug-likeness (QED) is 0.872. The van der Waals surface area contributed by atoms with Crippen LogP contribution in [0.25, 0.3) is 0 Å². The minimum absolute atomic E-state index is 0.0124. The number of anilines is 1. The molecule has 0 saturated heterocycles. The second-order valence-electron chi connectivity index (χ2n) is 4.28. The van der Waals surface area contributed by atoms with Crippen molar-refractivity contribution in [2.24, 2.45) is 0 Å². The van der Waals surface area contributed by atoms with Gasteiger partial charge in [0, 0.05) is 17.8 Å². The first-order valence-corrected chi connectivity index (χ1v) is 6.10. The van der Waals surface area contributed by atoms with Gasteiger partial charge in [0.15, 0.2) is 0 Å². The van der Waals surface area contributed by atoms with E-state index < -0.39 is 11.6 Å². The smallest absolute Gasteiger partial charge is 0.335 e. The van der Waals surface area contributed by atoms with Gasteiger partial charge in [-0.15, -0.1) is 0 Å². The highest BCUT2D eigenvalue weighted by Gasteiger charge is 2.31. The number of halogens is 1. The lowest BCUT2D eigenvalue weighted by Gasteiger charge is -2.25. The Bertz CT molecular complexity index is 497. The number of carbonyl (C=O) groups is 2. The maximum absolute atomic E-state index is 12.1. The Morgan fingerprint density at radius 1 is 1.42 bits per heavy atom. The molecule has 1 unspecified atom stereocenters. The van der Waals surface area contributed by atoms with Crippen LogP contribution in [0.15, 0.2) is 18.2 Å². The summed E-state index contributed by atoms with van der Waals surface area (Å²) in [6.45, 7) is 3.48. The molecule has 1 amide bonds. The van der Waals surface area contributed by atoms with Crippen LogP contribution in [0.5, 0.6) is 0 Å². The van der Waals surface area contributed by atoms with Gasteiger partial charge >= 0.3 is 5.97 Å². The van der Waals surface area contributed by atoms with Crippen LogP contribution in [0.3, 0.4) is 0 Å². The highest BCUT2D eigenvalue weighted by Crippen LogP contribution is 2.22. The van der Waals surface area contributed by atoms with Crippen LogP contribution in [-0.2, 0) is 9.53 Å². The molecule has 0 aliphatic heterocycles. The van der Waals surface area contributed by atoms with Crippen LogP contribution in [0, 0.1) is 0 Å². The van der Waals surface area contributed by atoms with E-state index in [0.717, 1.165) is 0 Å². The van der Waals surface area contributed by atoms with Crippen molar-refractivity contribution >= 4 is 29.2 Å². The van der Waals surface area contributed by atoms with E-state index in [1.54, 1.807) is 6.92 Å². The molecule has 19 heavy (non-hydrogen) atoms. The summed E-state index contributed by atoms with van der Waals surface area (Å²) < 4.78 is 5.17. The van der Waals surface area contributed by atoms with E-state index in [1.807, 2.05) is 6.92 Å². The Labute approximate surface area is 116 Å². The summed E-state index contributed by atoms with van der Waals surface area (Å²) in [5, 5.41) is 11.8. The minimum Gasteiger partial charge on any atom is -0.478 e. The van der Waals surface area contributed by atoms with Crippen molar-refractivity contribution in [3.63, 3.8) is 0 Å². The number of ether oxygens (including phenoxy) is 1. The van der Waals surface area contributed by atoms with Crippen molar-refractivity contribution in [2.75, 3.05) is 12.4 Å². The molecule has 2 N–H and O–H groups in total. The molecule has 1 rings (SSSR count). The van der Waals surface area contributed by atoms with Crippen molar-refractivity contribution in [2.45, 2.75) is 25.9 Å². The first-order chi connectivity index (χ1) is 8.82. The molecular formula is C13H16ClNO4. The zero-order valence-corrected chi connectivity index (χ0v) is 11.7. The molecule has 104 valence electrons. The average molecular weight is 286 g/mol. The summed E-state index contributed by atoms with van der Waals surface area (Å²) in [4.78, 5) is 23.0. The van der Waals surface area contributed by atoms with Gasteiger partial charge in [0.2, 0.25) is 0 Å². The van der Waals surface area contributed by atoms with Crippen LogP contribution < -0.4 is 5.32 Å². The van der Waals surface area contributed by atoms with Gasteiger partial charge in [-0.1, -0.05) is 18.5 Å². The number of carboxylic acid groups (broad SMARTS) is 1. The van der Waals surface area contributed by atoms with E-state index in [9.17, 15) is 9.59 Å². The van der Waals surface area contributed by atoms with E-state index >= 15 is 0 Å². The molecule has 5 nitrogen and oxygen atoms in total. The van der Waals surface area contributed by atoms with Gasteiger partial charge < -0.3 is 15.2 Å². The van der Waals surface area contributed by atoms with Crippen LogP contribution in [-0.4, -0.2) is 29.7 Å². The highest BCUT2D eigenvalue weighted by molar-refractivity contribution is 6.31. The fourth-order valence-corrected chi connectivity index (χ4v) is 1.68. The van der Waals surface area contributed by atoms with Gasteiger partial charge in [0.25, 0.3) is 5.91 Å². The molecule has 1 aromatic carbocycles. The lowest BCUT2D eigenvalue weighted by atomic mass is 10.0. The first kappa shape index (κ1) is 15.5. The van der Waals surface area contributed by atoms with Gasteiger partial charge in [-0.3, -0.25) is 4.79 Å². The average Bonchev–Trinajstić information content (AvgIpc) is 2.36. The third kappa shape index (κ3) is 3.68. The molecule has 0 spiro atoms. The molecule has 0 bridgehead atoms. The fraction of sp³-hybridized carbons (Fsp3) is 0.385. The van der Waals surface area contributed by atoms with Gasteiger partial charge in [-0.05, 0) is 31.5 Å². The third-order valence-electron chi connectivity index (χ3n) is 3.01. The highest BCUT2D eigenvalue weighted by atomic mass is 35.5. The van der Waals surface area contributed by atoms with Gasteiger partial charge in [0.1, 0.15) is 5.60 Å². The van der Waals surface area contributed by atoms with Crippen molar-refractivity contribution in [1.29, 1.82) is 0 Å². The van der Waals surface area contributed by atoms with Crippen molar-refractivity contribution < 1.29 is 19.4 Å². The number of benzene rings is 1. The summed E-state index contributed by atoms with van der Waals surface area (Å²) >= 11 is 5.81.